The lowest BCUT2D eigenvalue weighted by molar-refractivity contribution is 0.471. The van der Waals surface area contributed by atoms with Gasteiger partial charge in [-0.15, -0.1) is 0 Å². The highest BCUT2D eigenvalue weighted by Gasteiger charge is 2.00. The first-order chi connectivity index (χ1) is 8.54. The molecule has 0 unspecified atom stereocenters. The first-order valence-corrected chi connectivity index (χ1v) is 6.28. The molecule has 0 saturated heterocycles. The lowest BCUT2D eigenvalue weighted by Crippen LogP contribution is -1.99. The molecule has 0 saturated carbocycles. The van der Waals surface area contributed by atoms with Crippen molar-refractivity contribution in [3.05, 3.63) is 57.6 Å². The highest BCUT2D eigenvalue weighted by Crippen LogP contribution is 2.23. The summed E-state index contributed by atoms with van der Waals surface area (Å²) in [5.41, 5.74) is 2.70. The van der Waals surface area contributed by atoms with Crippen LogP contribution in [-0.2, 0) is 6.54 Å². The van der Waals surface area contributed by atoms with Crippen LogP contribution in [0.4, 0.5) is 5.69 Å². The second-order valence-corrected chi connectivity index (χ2v) is 5.01. The standard InChI is InChI=1S/C14H13Cl2NO/c1-9-2-3-13(7-14(9)18)17-8-10-4-11(15)6-12(16)5-10/h2-7,17-18H,8H2,1H3. The number of aromatic hydroxyl groups is 1. The number of anilines is 1. The third-order valence-electron chi connectivity index (χ3n) is 2.63. The lowest BCUT2D eigenvalue weighted by atomic mass is 10.2. The lowest BCUT2D eigenvalue weighted by Gasteiger charge is -2.09. The summed E-state index contributed by atoms with van der Waals surface area (Å²) in [4.78, 5) is 0. The number of hydrogen-bond acceptors (Lipinski definition) is 2. The number of phenolic OH excluding ortho intramolecular Hbond substituents is 1. The van der Waals surface area contributed by atoms with Crippen molar-refractivity contribution in [1.29, 1.82) is 0 Å². The average molecular weight is 282 g/mol. The third kappa shape index (κ3) is 3.31. The molecule has 0 aliphatic heterocycles. The van der Waals surface area contributed by atoms with E-state index in [1.807, 2.05) is 31.2 Å². The van der Waals surface area contributed by atoms with Gasteiger partial charge in [0.05, 0.1) is 0 Å². The molecule has 0 atom stereocenters. The van der Waals surface area contributed by atoms with Crippen molar-refractivity contribution >= 4 is 28.9 Å². The molecule has 0 fully saturated rings. The summed E-state index contributed by atoms with van der Waals surface area (Å²) in [7, 11) is 0. The minimum absolute atomic E-state index is 0.282. The molecule has 94 valence electrons. The van der Waals surface area contributed by atoms with E-state index >= 15 is 0 Å². The van der Waals surface area contributed by atoms with Crippen LogP contribution in [0.1, 0.15) is 11.1 Å². The predicted molar refractivity (Wildman–Crippen MR) is 76.6 cm³/mol. The number of nitrogens with one attached hydrogen (secondary N) is 1. The summed E-state index contributed by atoms with van der Waals surface area (Å²) >= 11 is 11.9. The Hall–Kier alpha value is -1.38. The Morgan fingerprint density at radius 1 is 1.06 bits per heavy atom. The van der Waals surface area contributed by atoms with Gasteiger partial charge in [-0.2, -0.15) is 0 Å². The van der Waals surface area contributed by atoms with Crippen molar-refractivity contribution in [2.45, 2.75) is 13.5 Å². The number of halogens is 2. The smallest absolute Gasteiger partial charge is 0.120 e. The maximum Gasteiger partial charge on any atom is 0.120 e. The summed E-state index contributed by atoms with van der Waals surface area (Å²) in [6.07, 6.45) is 0. The summed E-state index contributed by atoms with van der Waals surface area (Å²) < 4.78 is 0. The Morgan fingerprint density at radius 3 is 2.33 bits per heavy atom. The van der Waals surface area contributed by atoms with Crippen LogP contribution in [0.25, 0.3) is 0 Å². The summed E-state index contributed by atoms with van der Waals surface area (Å²) in [5.74, 6) is 0.282. The summed E-state index contributed by atoms with van der Waals surface area (Å²) in [6.45, 7) is 2.46. The van der Waals surface area contributed by atoms with Crippen molar-refractivity contribution < 1.29 is 5.11 Å². The Labute approximate surface area is 116 Å². The molecule has 2 rings (SSSR count). The van der Waals surface area contributed by atoms with Crippen molar-refractivity contribution in [2.75, 3.05) is 5.32 Å². The van der Waals surface area contributed by atoms with Gasteiger partial charge >= 0.3 is 0 Å². The van der Waals surface area contributed by atoms with Crippen molar-refractivity contribution in [3.8, 4) is 5.75 Å². The fraction of sp³-hybridized carbons (Fsp3) is 0.143. The Balaban J connectivity index is 2.08. The van der Waals surface area contributed by atoms with Gasteiger partial charge in [0.25, 0.3) is 0 Å². The van der Waals surface area contributed by atoms with E-state index in [-0.39, 0.29) is 5.75 Å². The molecule has 0 aromatic heterocycles. The molecule has 0 heterocycles. The van der Waals surface area contributed by atoms with Gasteiger partial charge in [0.15, 0.2) is 0 Å². The molecule has 0 radical (unpaired) electrons. The minimum Gasteiger partial charge on any atom is -0.508 e. The Bertz CT molecular complexity index is 549. The summed E-state index contributed by atoms with van der Waals surface area (Å²) in [6, 6.07) is 10.9. The quantitative estimate of drug-likeness (QED) is 0.861. The molecule has 0 bridgehead atoms. The molecule has 0 amide bonds. The third-order valence-corrected chi connectivity index (χ3v) is 3.06. The van der Waals surface area contributed by atoms with Gasteiger partial charge in [-0.3, -0.25) is 0 Å². The zero-order chi connectivity index (χ0) is 13.1. The summed E-state index contributed by atoms with van der Waals surface area (Å²) in [5, 5.41) is 14.0. The molecule has 4 heteroatoms. The number of aryl methyl sites for hydroxylation is 1. The SMILES string of the molecule is Cc1ccc(NCc2cc(Cl)cc(Cl)c2)cc1O. The first kappa shape index (κ1) is 13.1. The highest BCUT2D eigenvalue weighted by molar-refractivity contribution is 6.34. The van der Waals surface area contributed by atoms with E-state index in [4.69, 9.17) is 23.2 Å². The van der Waals surface area contributed by atoms with Crippen LogP contribution in [0.5, 0.6) is 5.75 Å². The van der Waals surface area contributed by atoms with Crippen molar-refractivity contribution in [3.63, 3.8) is 0 Å². The van der Waals surface area contributed by atoms with Crippen LogP contribution >= 0.6 is 23.2 Å². The maximum atomic E-state index is 9.60. The van der Waals surface area contributed by atoms with Gasteiger partial charge in [0.2, 0.25) is 0 Å². The van der Waals surface area contributed by atoms with Crippen LogP contribution in [0.3, 0.4) is 0 Å². The van der Waals surface area contributed by atoms with Crippen LogP contribution in [-0.4, -0.2) is 5.11 Å². The van der Waals surface area contributed by atoms with E-state index in [9.17, 15) is 5.11 Å². The van der Waals surface area contributed by atoms with E-state index in [1.165, 1.54) is 0 Å². The number of rotatable bonds is 3. The van der Waals surface area contributed by atoms with E-state index in [0.717, 1.165) is 16.8 Å². The molecule has 0 aliphatic rings. The minimum atomic E-state index is 0.282. The van der Waals surface area contributed by atoms with Gasteiger partial charge in [-0.25, -0.2) is 0 Å². The Morgan fingerprint density at radius 2 is 1.72 bits per heavy atom. The molecule has 2 N–H and O–H groups in total. The average Bonchev–Trinajstić information content (AvgIpc) is 2.29. The van der Waals surface area contributed by atoms with Gasteiger partial charge in [0, 0.05) is 28.3 Å². The fourth-order valence-corrected chi connectivity index (χ4v) is 2.21. The highest BCUT2D eigenvalue weighted by atomic mass is 35.5. The molecule has 2 aromatic carbocycles. The van der Waals surface area contributed by atoms with Gasteiger partial charge in [-0.05, 0) is 42.3 Å². The van der Waals surface area contributed by atoms with E-state index in [2.05, 4.69) is 5.32 Å². The molecule has 0 aliphatic carbocycles. The van der Waals surface area contributed by atoms with Crippen LogP contribution in [0, 0.1) is 6.92 Å². The van der Waals surface area contributed by atoms with Crippen LogP contribution in [0.15, 0.2) is 36.4 Å². The first-order valence-electron chi connectivity index (χ1n) is 5.53. The number of hydrogen-bond donors (Lipinski definition) is 2. The topological polar surface area (TPSA) is 32.3 Å². The molecule has 18 heavy (non-hydrogen) atoms. The number of phenols is 1. The molecular formula is C14H13Cl2NO. The predicted octanol–water partition coefficient (Wildman–Crippen LogP) is 4.62. The van der Waals surface area contributed by atoms with Crippen LogP contribution < -0.4 is 5.32 Å². The van der Waals surface area contributed by atoms with Gasteiger partial charge in [-0.1, -0.05) is 29.3 Å². The zero-order valence-electron chi connectivity index (χ0n) is 9.87. The maximum absolute atomic E-state index is 9.60. The normalized spacial score (nSPS) is 10.4. The van der Waals surface area contributed by atoms with Crippen molar-refractivity contribution in [1.82, 2.24) is 0 Å². The molecule has 2 nitrogen and oxygen atoms in total. The van der Waals surface area contributed by atoms with Crippen molar-refractivity contribution in [2.24, 2.45) is 0 Å². The van der Waals surface area contributed by atoms with E-state index < -0.39 is 0 Å². The zero-order valence-corrected chi connectivity index (χ0v) is 11.4. The van der Waals surface area contributed by atoms with E-state index in [0.29, 0.717) is 16.6 Å². The monoisotopic (exact) mass is 281 g/mol. The largest absolute Gasteiger partial charge is 0.508 e. The molecular weight excluding hydrogens is 269 g/mol. The fourth-order valence-electron chi connectivity index (χ4n) is 1.64. The second-order valence-electron chi connectivity index (χ2n) is 4.13. The van der Waals surface area contributed by atoms with E-state index in [1.54, 1.807) is 12.1 Å². The second kappa shape index (κ2) is 5.51. The van der Waals surface area contributed by atoms with Crippen LogP contribution in [0.2, 0.25) is 10.0 Å². The van der Waals surface area contributed by atoms with Gasteiger partial charge < -0.3 is 10.4 Å². The van der Waals surface area contributed by atoms with Gasteiger partial charge in [0.1, 0.15) is 5.75 Å². The molecule has 0 spiro atoms. The number of benzene rings is 2. The Kier molecular flexibility index (Phi) is 4.00. The molecule has 2 aromatic rings.